The van der Waals surface area contributed by atoms with Crippen LogP contribution in [0.25, 0.3) is 0 Å². The lowest BCUT2D eigenvalue weighted by atomic mass is 10.1. The Hall–Kier alpha value is -1.14. The number of carboxylic acids is 1. The van der Waals surface area contributed by atoms with Crippen molar-refractivity contribution in [1.29, 1.82) is 0 Å². The standard InChI is InChI=1S/C7H14N2O4/c1-7(2,8)6(13)9-3-4(10)5(11)12/h4,10H,3,8H2,1-2H3,(H,9,13)(H,11,12)/t4-/m0/s1. The molecule has 0 aromatic heterocycles. The zero-order valence-electron chi connectivity index (χ0n) is 7.57. The van der Waals surface area contributed by atoms with Crippen molar-refractivity contribution in [2.24, 2.45) is 5.73 Å². The van der Waals surface area contributed by atoms with Gasteiger partial charge in [-0.3, -0.25) is 4.79 Å². The minimum Gasteiger partial charge on any atom is -0.479 e. The smallest absolute Gasteiger partial charge is 0.334 e. The molecule has 5 N–H and O–H groups in total. The molecule has 0 rings (SSSR count). The molecule has 13 heavy (non-hydrogen) atoms. The molecule has 0 aliphatic heterocycles. The van der Waals surface area contributed by atoms with E-state index in [1.165, 1.54) is 13.8 Å². The minimum atomic E-state index is -1.59. The Morgan fingerprint density at radius 1 is 1.54 bits per heavy atom. The van der Waals surface area contributed by atoms with Crippen LogP contribution < -0.4 is 11.1 Å². The van der Waals surface area contributed by atoms with Crippen molar-refractivity contribution in [1.82, 2.24) is 5.32 Å². The fraction of sp³-hybridized carbons (Fsp3) is 0.714. The van der Waals surface area contributed by atoms with Gasteiger partial charge in [0.1, 0.15) is 0 Å². The summed E-state index contributed by atoms with van der Waals surface area (Å²) in [6.45, 7) is 2.62. The predicted octanol–water partition coefficient (Wildman–Crippen LogP) is -1.71. The zero-order chi connectivity index (χ0) is 10.6. The Labute approximate surface area is 75.7 Å². The highest BCUT2D eigenvalue weighted by molar-refractivity contribution is 5.85. The molecule has 0 aliphatic rings. The Balaban J connectivity index is 3.91. The summed E-state index contributed by atoms with van der Waals surface area (Å²) in [4.78, 5) is 21.2. The number of nitrogens with two attached hydrogens (primary N) is 1. The molecule has 0 saturated carbocycles. The third-order valence-electron chi connectivity index (χ3n) is 1.33. The van der Waals surface area contributed by atoms with Gasteiger partial charge in [-0.15, -0.1) is 0 Å². The van der Waals surface area contributed by atoms with E-state index in [1.807, 2.05) is 0 Å². The van der Waals surface area contributed by atoms with E-state index in [2.05, 4.69) is 5.32 Å². The van der Waals surface area contributed by atoms with E-state index < -0.39 is 23.5 Å². The first kappa shape index (κ1) is 11.9. The Bertz CT molecular complexity index is 209. The first-order valence-electron chi connectivity index (χ1n) is 3.73. The van der Waals surface area contributed by atoms with Crippen LogP contribution in [0.15, 0.2) is 0 Å². The van der Waals surface area contributed by atoms with Crippen molar-refractivity contribution < 1.29 is 19.8 Å². The number of nitrogens with one attached hydrogen (secondary N) is 1. The van der Waals surface area contributed by atoms with Gasteiger partial charge in [-0.1, -0.05) is 0 Å². The van der Waals surface area contributed by atoms with Gasteiger partial charge in [-0.05, 0) is 13.8 Å². The number of amides is 1. The molecule has 76 valence electrons. The lowest BCUT2D eigenvalue weighted by Gasteiger charge is -2.18. The maximum Gasteiger partial charge on any atom is 0.334 e. The van der Waals surface area contributed by atoms with E-state index in [9.17, 15) is 9.59 Å². The Morgan fingerprint density at radius 3 is 2.31 bits per heavy atom. The van der Waals surface area contributed by atoms with Crippen LogP contribution in [0.1, 0.15) is 13.8 Å². The molecule has 0 heterocycles. The second-order valence-corrected chi connectivity index (χ2v) is 3.29. The second kappa shape index (κ2) is 4.20. The van der Waals surface area contributed by atoms with Gasteiger partial charge in [0.2, 0.25) is 5.91 Å². The zero-order valence-corrected chi connectivity index (χ0v) is 7.57. The van der Waals surface area contributed by atoms with Crippen LogP contribution in [-0.4, -0.2) is 40.3 Å². The van der Waals surface area contributed by atoms with Crippen LogP contribution >= 0.6 is 0 Å². The summed E-state index contributed by atoms with van der Waals surface area (Å²) in [5.41, 5.74) is 4.33. The fourth-order valence-corrected chi connectivity index (χ4v) is 0.504. The summed E-state index contributed by atoms with van der Waals surface area (Å²) in [6.07, 6.45) is -1.59. The number of hydrogen-bond acceptors (Lipinski definition) is 4. The van der Waals surface area contributed by atoms with Crippen molar-refractivity contribution in [2.45, 2.75) is 25.5 Å². The van der Waals surface area contributed by atoms with Gasteiger partial charge in [0.25, 0.3) is 0 Å². The number of aliphatic hydroxyl groups is 1. The molecule has 1 amide bonds. The largest absolute Gasteiger partial charge is 0.479 e. The molecular weight excluding hydrogens is 176 g/mol. The maximum absolute atomic E-state index is 11.1. The quantitative estimate of drug-likeness (QED) is 0.421. The van der Waals surface area contributed by atoms with Crippen molar-refractivity contribution in [3.63, 3.8) is 0 Å². The summed E-state index contributed by atoms with van der Waals surface area (Å²) < 4.78 is 0. The van der Waals surface area contributed by atoms with Gasteiger partial charge < -0.3 is 21.3 Å². The Morgan fingerprint density at radius 2 is 2.00 bits per heavy atom. The highest BCUT2D eigenvalue weighted by Crippen LogP contribution is 1.95. The van der Waals surface area contributed by atoms with Crippen LogP contribution in [0.4, 0.5) is 0 Å². The molecule has 1 atom stereocenters. The van der Waals surface area contributed by atoms with Gasteiger partial charge in [0.15, 0.2) is 6.10 Å². The van der Waals surface area contributed by atoms with Gasteiger partial charge in [0, 0.05) is 0 Å². The first-order valence-corrected chi connectivity index (χ1v) is 3.73. The van der Waals surface area contributed by atoms with Crippen molar-refractivity contribution in [3.8, 4) is 0 Å². The fourth-order valence-electron chi connectivity index (χ4n) is 0.504. The van der Waals surface area contributed by atoms with Crippen LogP contribution in [-0.2, 0) is 9.59 Å². The minimum absolute atomic E-state index is 0.338. The molecule has 6 heteroatoms. The summed E-state index contributed by atoms with van der Waals surface area (Å²) in [5.74, 6) is -1.89. The van der Waals surface area contributed by atoms with E-state index in [0.29, 0.717) is 0 Å². The number of carbonyl (C=O) groups excluding carboxylic acids is 1. The number of rotatable bonds is 4. The molecule has 0 unspecified atom stereocenters. The van der Waals surface area contributed by atoms with Crippen molar-refractivity contribution in [3.05, 3.63) is 0 Å². The highest BCUT2D eigenvalue weighted by Gasteiger charge is 2.23. The van der Waals surface area contributed by atoms with Crippen LogP contribution in [0.3, 0.4) is 0 Å². The molecule has 0 radical (unpaired) electrons. The first-order chi connectivity index (χ1) is 5.75. The summed E-state index contributed by atoms with van der Waals surface area (Å²) in [6, 6.07) is 0. The molecule has 0 aromatic carbocycles. The van der Waals surface area contributed by atoms with Gasteiger partial charge in [0.05, 0.1) is 12.1 Å². The number of carbonyl (C=O) groups is 2. The Kier molecular flexibility index (Phi) is 3.83. The molecular formula is C7H14N2O4. The number of aliphatic carboxylic acids is 1. The van der Waals surface area contributed by atoms with E-state index in [4.69, 9.17) is 15.9 Å². The molecule has 0 fully saturated rings. The lowest BCUT2D eigenvalue weighted by molar-refractivity contribution is -0.146. The molecule has 0 spiro atoms. The van der Waals surface area contributed by atoms with Crippen LogP contribution in [0, 0.1) is 0 Å². The van der Waals surface area contributed by atoms with Crippen molar-refractivity contribution in [2.75, 3.05) is 6.54 Å². The highest BCUT2D eigenvalue weighted by atomic mass is 16.4. The van der Waals surface area contributed by atoms with E-state index in [0.717, 1.165) is 0 Å². The molecule has 0 bridgehead atoms. The second-order valence-electron chi connectivity index (χ2n) is 3.29. The third kappa shape index (κ3) is 4.44. The van der Waals surface area contributed by atoms with Crippen LogP contribution in [0.2, 0.25) is 0 Å². The monoisotopic (exact) mass is 190 g/mol. The number of hydrogen-bond donors (Lipinski definition) is 4. The maximum atomic E-state index is 11.1. The average molecular weight is 190 g/mol. The summed E-state index contributed by atoms with van der Waals surface area (Å²) >= 11 is 0. The van der Waals surface area contributed by atoms with Crippen LogP contribution in [0.5, 0.6) is 0 Å². The third-order valence-corrected chi connectivity index (χ3v) is 1.33. The molecule has 0 aromatic rings. The molecule has 0 aliphatic carbocycles. The normalized spacial score (nSPS) is 13.5. The van der Waals surface area contributed by atoms with Gasteiger partial charge in [-0.25, -0.2) is 4.79 Å². The lowest BCUT2D eigenvalue weighted by Crippen LogP contribution is -2.51. The van der Waals surface area contributed by atoms with Gasteiger partial charge in [-0.2, -0.15) is 0 Å². The van der Waals surface area contributed by atoms with E-state index >= 15 is 0 Å². The topological polar surface area (TPSA) is 113 Å². The average Bonchev–Trinajstić information content (AvgIpc) is 1.97. The van der Waals surface area contributed by atoms with E-state index in [-0.39, 0.29) is 6.54 Å². The molecule has 0 saturated heterocycles. The number of carboxylic acid groups (broad SMARTS) is 1. The van der Waals surface area contributed by atoms with Gasteiger partial charge >= 0.3 is 5.97 Å². The summed E-state index contributed by atoms with van der Waals surface area (Å²) in [7, 11) is 0. The SMILES string of the molecule is CC(C)(N)C(=O)NC[C@H](O)C(=O)O. The predicted molar refractivity (Wildman–Crippen MR) is 44.9 cm³/mol. The number of aliphatic hydroxyl groups excluding tert-OH is 1. The summed E-state index contributed by atoms with van der Waals surface area (Å²) in [5, 5.41) is 19.3. The van der Waals surface area contributed by atoms with Crippen molar-refractivity contribution >= 4 is 11.9 Å². The van der Waals surface area contributed by atoms with E-state index in [1.54, 1.807) is 0 Å². The molecule has 6 nitrogen and oxygen atoms in total.